The maximum absolute atomic E-state index is 14.1. The Hall–Kier alpha value is -0.490. The van der Waals surface area contributed by atoms with E-state index in [0.29, 0.717) is 12.0 Å². The molecule has 0 radical (unpaired) electrons. The second-order valence-corrected chi connectivity index (χ2v) is 6.06. The van der Waals surface area contributed by atoms with Gasteiger partial charge in [-0.05, 0) is 24.8 Å². The van der Waals surface area contributed by atoms with Gasteiger partial charge in [-0.1, -0.05) is 13.8 Å². The molecule has 1 N–H and O–H groups in total. The lowest BCUT2D eigenvalue weighted by Gasteiger charge is -2.35. The summed E-state index contributed by atoms with van der Waals surface area (Å²) in [5.41, 5.74) is 0.274. The molecule has 1 fully saturated rings. The summed E-state index contributed by atoms with van der Waals surface area (Å²) in [7, 11) is 0. The predicted molar refractivity (Wildman–Crippen MR) is 92.1 cm³/mol. The van der Waals surface area contributed by atoms with Gasteiger partial charge in [-0.15, -0.1) is 24.8 Å². The van der Waals surface area contributed by atoms with E-state index < -0.39 is 17.5 Å². The van der Waals surface area contributed by atoms with Gasteiger partial charge >= 0.3 is 0 Å². The van der Waals surface area contributed by atoms with E-state index in [1.165, 1.54) is 0 Å². The molecule has 1 aromatic carbocycles. The standard InChI is InChI=1S/C16H23F3N2.2ClH/c1-11(2)3-4-16(21-7-5-20-6-8-21)12-9-14(18)15(19)10-13(12)17;;/h9-11,16,20H,3-8H2,1-2H3;2*1H/t16-;;/m0../s1. The van der Waals surface area contributed by atoms with Crippen molar-refractivity contribution in [1.29, 1.82) is 0 Å². The van der Waals surface area contributed by atoms with Gasteiger partial charge in [-0.2, -0.15) is 0 Å². The van der Waals surface area contributed by atoms with Crippen LogP contribution in [-0.4, -0.2) is 31.1 Å². The van der Waals surface area contributed by atoms with Crippen LogP contribution in [0.4, 0.5) is 13.2 Å². The highest BCUT2D eigenvalue weighted by Crippen LogP contribution is 2.30. The van der Waals surface area contributed by atoms with Crippen LogP contribution in [0.2, 0.25) is 0 Å². The highest BCUT2D eigenvalue weighted by Gasteiger charge is 2.26. The van der Waals surface area contributed by atoms with E-state index in [1.54, 1.807) is 0 Å². The fourth-order valence-electron chi connectivity index (χ4n) is 2.81. The Morgan fingerprint density at radius 2 is 1.52 bits per heavy atom. The van der Waals surface area contributed by atoms with E-state index in [2.05, 4.69) is 24.1 Å². The first-order chi connectivity index (χ1) is 9.99. The van der Waals surface area contributed by atoms with Crippen LogP contribution < -0.4 is 5.32 Å². The zero-order chi connectivity index (χ0) is 15.4. The van der Waals surface area contributed by atoms with Gasteiger partial charge in [0.05, 0.1) is 0 Å². The Labute approximate surface area is 148 Å². The predicted octanol–water partition coefficient (Wildman–Crippen LogP) is 4.33. The van der Waals surface area contributed by atoms with Crippen molar-refractivity contribution in [2.75, 3.05) is 26.2 Å². The van der Waals surface area contributed by atoms with E-state index in [4.69, 9.17) is 0 Å². The van der Waals surface area contributed by atoms with Crippen LogP contribution in [0.1, 0.15) is 38.3 Å². The molecule has 0 aromatic heterocycles. The van der Waals surface area contributed by atoms with E-state index in [0.717, 1.165) is 45.1 Å². The molecule has 0 saturated carbocycles. The van der Waals surface area contributed by atoms with Crippen molar-refractivity contribution in [2.24, 2.45) is 5.92 Å². The summed E-state index contributed by atoms with van der Waals surface area (Å²) in [6.07, 6.45) is 1.67. The molecule has 2 nitrogen and oxygen atoms in total. The van der Waals surface area contributed by atoms with Gasteiger partial charge in [-0.25, -0.2) is 13.2 Å². The summed E-state index contributed by atoms with van der Waals surface area (Å²) < 4.78 is 40.8. The molecule has 1 saturated heterocycles. The van der Waals surface area contributed by atoms with Crippen molar-refractivity contribution in [3.63, 3.8) is 0 Å². The van der Waals surface area contributed by atoms with Gasteiger partial charge < -0.3 is 5.32 Å². The van der Waals surface area contributed by atoms with Crippen molar-refractivity contribution in [2.45, 2.75) is 32.7 Å². The number of nitrogens with one attached hydrogen (secondary N) is 1. The molecule has 1 aromatic rings. The van der Waals surface area contributed by atoms with E-state index in [1.807, 2.05) is 0 Å². The number of nitrogens with zero attached hydrogens (tertiary/aromatic N) is 1. The molecule has 0 amide bonds. The second-order valence-electron chi connectivity index (χ2n) is 6.06. The molecular formula is C16H25Cl2F3N2. The number of hydrogen-bond donors (Lipinski definition) is 1. The average molecular weight is 373 g/mol. The molecule has 23 heavy (non-hydrogen) atoms. The molecule has 0 spiro atoms. The maximum atomic E-state index is 14.1. The lowest BCUT2D eigenvalue weighted by atomic mass is 9.95. The SMILES string of the molecule is CC(C)CC[C@@H](c1cc(F)c(F)cc1F)N1CCNCC1.Cl.Cl. The highest BCUT2D eigenvalue weighted by molar-refractivity contribution is 5.85. The van der Waals surface area contributed by atoms with Crippen LogP contribution in [0, 0.1) is 23.4 Å². The summed E-state index contributed by atoms with van der Waals surface area (Å²) in [6, 6.07) is 1.50. The molecule has 0 aliphatic carbocycles. The lowest BCUT2D eigenvalue weighted by molar-refractivity contribution is 0.156. The Morgan fingerprint density at radius 1 is 0.957 bits per heavy atom. The monoisotopic (exact) mass is 372 g/mol. The molecule has 134 valence electrons. The molecule has 1 atom stereocenters. The van der Waals surface area contributed by atoms with Crippen LogP contribution >= 0.6 is 24.8 Å². The Morgan fingerprint density at radius 3 is 2.09 bits per heavy atom. The second kappa shape index (κ2) is 10.4. The van der Waals surface area contributed by atoms with Crippen molar-refractivity contribution < 1.29 is 13.2 Å². The number of piperazine rings is 1. The third kappa shape index (κ3) is 6.14. The van der Waals surface area contributed by atoms with Crippen molar-refractivity contribution in [3.8, 4) is 0 Å². The normalized spacial score (nSPS) is 16.6. The lowest BCUT2D eigenvalue weighted by Crippen LogP contribution is -2.45. The van der Waals surface area contributed by atoms with Gasteiger partial charge in [0.1, 0.15) is 5.82 Å². The van der Waals surface area contributed by atoms with Crippen molar-refractivity contribution in [1.82, 2.24) is 10.2 Å². The fraction of sp³-hybridized carbons (Fsp3) is 0.625. The van der Waals surface area contributed by atoms with Gasteiger partial charge in [0.2, 0.25) is 0 Å². The van der Waals surface area contributed by atoms with Gasteiger partial charge in [0, 0.05) is 43.9 Å². The Balaban J connectivity index is 0.00000242. The van der Waals surface area contributed by atoms with Gasteiger partial charge in [0.25, 0.3) is 0 Å². The van der Waals surface area contributed by atoms with E-state index in [-0.39, 0.29) is 36.4 Å². The third-order valence-electron chi connectivity index (χ3n) is 4.01. The highest BCUT2D eigenvalue weighted by atomic mass is 35.5. The zero-order valence-corrected chi connectivity index (χ0v) is 15.1. The van der Waals surface area contributed by atoms with E-state index >= 15 is 0 Å². The molecule has 1 aliphatic heterocycles. The summed E-state index contributed by atoms with van der Waals surface area (Å²) in [5, 5.41) is 3.25. The fourth-order valence-corrected chi connectivity index (χ4v) is 2.81. The number of rotatable bonds is 5. The summed E-state index contributed by atoms with van der Waals surface area (Å²) in [5.74, 6) is -2.26. The average Bonchev–Trinajstić information content (AvgIpc) is 2.45. The maximum Gasteiger partial charge on any atom is 0.161 e. The largest absolute Gasteiger partial charge is 0.314 e. The van der Waals surface area contributed by atoms with Crippen LogP contribution in [0.25, 0.3) is 0 Å². The number of benzene rings is 1. The minimum Gasteiger partial charge on any atom is -0.314 e. The van der Waals surface area contributed by atoms with Crippen LogP contribution in [-0.2, 0) is 0 Å². The van der Waals surface area contributed by atoms with Crippen LogP contribution in [0.15, 0.2) is 12.1 Å². The summed E-state index contributed by atoms with van der Waals surface area (Å²) in [6.45, 7) is 7.47. The molecule has 7 heteroatoms. The van der Waals surface area contributed by atoms with E-state index in [9.17, 15) is 13.2 Å². The van der Waals surface area contributed by atoms with Crippen molar-refractivity contribution in [3.05, 3.63) is 35.1 Å². The smallest absolute Gasteiger partial charge is 0.161 e. The first-order valence-corrected chi connectivity index (χ1v) is 7.58. The summed E-state index contributed by atoms with van der Waals surface area (Å²) in [4.78, 5) is 2.16. The minimum absolute atomic E-state index is 0. The summed E-state index contributed by atoms with van der Waals surface area (Å²) >= 11 is 0. The Bertz CT molecular complexity index is 481. The third-order valence-corrected chi connectivity index (χ3v) is 4.01. The molecule has 2 rings (SSSR count). The quantitative estimate of drug-likeness (QED) is 0.773. The Kier molecular flexibility index (Phi) is 10.2. The molecule has 1 aliphatic rings. The van der Waals surface area contributed by atoms with Gasteiger partial charge in [-0.3, -0.25) is 4.90 Å². The minimum atomic E-state index is -1.13. The van der Waals surface area contributed by atoms with Crippen LogP contribution in [0.5, 0.6) is 0 Å². The topological polar surface area (TPSA) is 15.3 Å². The first-order valence-electron chi connectivity index (χ1n) is 7.58. The molecular weight excluding hydrogens is 348 g/mol. The number of hydrogen-bond acceptors (Lipinski definition) is 2. The number of halogens is 5. The zero-order valence-electron chi connectivity index (χ0n) is 13.4. The molecule has 0 bridgehead atoms. The van der Waals surface area contributed by atoms with Crippen molar-refractivity contribution >= 4 is 24.8 Å². The molecule has 1 heterocycles. The van der Waals surface area contributed by atoms with Gasteiger partial charge in [0.15, 0.2) is 11.6 Å². The first kappa shape index (κ1) is 22.5. The van der Waals surface area contributed by atoms with Crippen LogP contribution in [0.3, 0.4) is 0 Å². The molecule has 0 unspecified atom stereocenters.